The molecule has 0 spiro atoms. The Labute approximate surface area is 100 Å². The van der Waals surface area contributed by atoms with Crippen LogP contribution in [0.2, 0.25) is 0 Å². The van der Waals surface area contributed by atoms with Crippen molar-refractivity contribution in [3.05, 3.63) is 36.1 Å². The number of aliphatic hydroxyl groups is 1. The van der Waals surface area contributed by atoms with Gasteiger partial charge in [0.2, 0.25) is 0 Å². The molecule has 2 aromatic rings. The highest BCUT2D eigenvalue weighted by Gasteiger charge is 2.28. The molecule has 0 saturated heterocycles. The summed E-state index contributed by atoms with van der Waals surface area (Å²) in [7, 11) is 0. The van der Waals surface area contributed by atoms with Crippen LogP contribution < -0.4 is 5.32 Å². The van der Waals surface area contributed by atoms with Crippen LogP contribution in [0.25, 0.3) is 11.0 Å². The van der Waals surface area contributed by atoms with Gasteiger partial charge in [0.15, 0.2) is 0 Å². The first kappa shape index (κ1) is 10.8. The molecule has 0 radical (unpaired) electrons. The largest absolute Gasteiger partial charge is 0.464 e. The first-order valence-electron chi connectivity index (χ1n) is 6.14. The van der Waals surface area contributed by atoms with Gasteiger partial charge in [-0.2, -0.15) is 0 Å². The minimum atomic E-state index is -0.110. The summed E-state index contributed by atoms with van der Waals surface area (Å²) in [5.74, 6) is 0. The van der Waals surface area contributed by atoms with E-state index in [1.54, 1.807) is 0 Å². The predicted molar refractivity (Wildman–Crippen MR) is 66.8 cm³/mol. The van der Waals surface area contributed by atoms with Crippen molar-refractivity contribution < 1.29 is 9.52 Å². The molecule has 1 aliphatic carbocycles. The maximum atomic E-state index is 9.28. The highest BCUT2D eigenvalue weighted by atomic mass is 16.3. The van der Waals surface area contributed by atoms with Crippen LogP contribution in [0.4, 0.5) is 0 Å². The van der Waals surface area contributed by atoms with Crippen molar-refractivity contribution in [2.75, 3.05) is 0 Å². The minimum Gasteiger partial charge on any atom is -0.464 e. The molecule has 1 saturated carbocycles. The molecule has 2 N–H and O–H groups in total. The molecular formula is C14H17NO2. The van der Waals surface area contributed by atoms with Crippen LogP contribution in [0.3, 0.4) is 0 Å². The van der Waals surface area contributed by atoms with Crippen LogP contribution >= 0.6 is 0 Å². The molecule has 90 valence electrons. The van der Waals surface area contributed by atoms with Gasteiger partial charge in [-0.05, 0) is 25.8 Å². The lowest BCUT2D eigenvalue weighted by Crippen LogP contribution is -2.44. The lowest BCUT2D eigenvalue weighted by atomic mass is 9.88. The quantitative estimate of drug-likeness (QED) is 0.853. The van der Waals surface area contributed by atoms with Gasteiger partial charge in [0.05, 0.1) is 12.4 Å². The summed E-state index contributed by atoms with van der Waals surface area (Å²) >= 11 is 0. The van der Waals surface area contributed by atoms with Gasteiger partial charge in [0, 0.05) is 23.0 Å². The number of aliphatic hydroxyl groups excluding tert-OH is 1. The number of furan rings is 1. The number of para-hydroxylation sites is 1. The zero-order valence-electron chi connectivity index (χ0n) is 9.89. The molecule has 1 aliphatic rings. The maximum Gasteiger partial charge on any atom is 0.134 e. The summed E-state index contributed by atoms with van der Waals surface area (Å²) in [6, 6.07) is 8.78. The van der Waals surface area contributed by atoms with Crippen LogP contribution in [0.15, 0.2) is 34.9 Å². The van der Waals surface area contributed by atoms with E-state index in [0.29, 0.717) is 6.04 Å². The van der Waals surface area contributed by atoms with E-state index in [1.165, 1.54) is 10.9 Å². The first-order valence-corrected chi connectivity index (χ1v) is 6.14. The van der Waals surface area contributed by atoms with Crippen molar-refractivity contribution in [1.29, 1.82) is 0 Å². The molecule has 3 rings (SSSR count). The molecule has 3 heteroatoms. The standard InChI is InChI=1S/C14H17NO2/c1-9(15-10-6-11(16)7-10)13-8-17-14-5-3-2-4-12(13)14/h2-5,8-11,15-16H,6-7H2,1H3. The van der Waals surface area contributed by atoms with Crippen molar-refractivity contribution in [1.82, 2.24) is 5.32 Å². The number of benzene rings is 1. The van der Waals surface area contributed by atoms with E-state index < -0.39 is 0 Å². The van der Waals surface area contributed by atoms with E-state index in [1.807, 2.05) is 24.5 Å². The second kappa shape index (κ2) is 4.17. The van der Waals surface area contributed by atoms with E-state index in [9.17, 15) is 5.11 Å². The molecule has 1 aromatic heterocycles. The van der Waals surface area contributed by atoms with Crippen LogP contribution in [-0.4, -0.2) is 17.3 Å². The summed E-state index contributed by atoms with van der Waals surface area (Å²) in [5, 5.41) is 14.0. The molecular weight excluding hydrogens is 214 g/mol. The zero-order chi connectivity index (χ0) is 11.8. The molecule has 1 heterocycles. The highest BCUT2D eigenvalue weighted by molar-refractivity contribution is 5.81. The topological polar surface area (TPSA) is 45.4 Å². The molecule has 17 heavy (non-hydrogen) atoms. The average molecular weight is 231 g/mol. The Hall–Kier alpha value is -1.32. The van der Waals surface area contributed by atoms with Crippen LogP contribution in [0.5, 0.6) is 0 Å². The summed E-state index contributed by atoms with van der Waals surface area (Å²) in [6.07, 6.45) is 3.44. The Bertz CT molecular complexity index is 514. The second-order valence-electron chi connectivity index (χ2n) is 4.90. The molecule has 3 nitrogen and oxygen atoms in total. The average Bonchev–Trinajstić information content (AvgIpc) is 2.70. The number of hydrogen-bond acceptors (Lipinski definition) is 3. The SMILES string of the molecule is CC(NC1CC(O)C1)c1coc2ccccc12. The summed E-state index contributed by atoms with van der Waals surface area (Å²) < 4.78 is 5.54. The predicted octanol–water partition coefficient (Wildman–Crippen LogP) is 2.61. The third-order valence-electron chi connectivity index (χ3n) is 3.58. The number of hydrogen-bond donors (Lipinski definition) is 2. The Morgan fingerprint density at radius 2 is 2.12 bits per heavy atom. The van der Waals surface area contributed by atoms with E-state index in [-0.39, 0.29) is 12.1 Å². The van der Waals surface area contributed by atoms with Gasteiger partial charge in [0.1, 0.15) is 5.58 Å². The van der Waals surface area contributed by atoms with E-state index >= 15 is 0 Å². The Morgan fingerprint density at radius 1 is 1.35 bits per heavy atom. The van der Waals surface area contributed by atoms with E-state index in [4.69, 9.17) is 4.42 Å². The van der Waals surface area contributed by atoms with Gasteiger partial charge in [-0.3, -0.25) is 0 Å². The summed E-state index contributed by atoms with van der Waals surface area (Å²) in [5.41, 5.74) is 2.13. The van der Waals surface area contributed by atoms with Crippen LogP contribution in [-0.2, 0) is 0 Å². The monoisotopic (exact) mass is 231 g/mol. The fourth-order valence-electron chi connectivity index (χ4n) is 2.50. The van der Waals surface area contributed by atoms with Crippen molar-refractivity contribution in [2.45, 2.75) is 38.0 Å². The normalized spacial score (nSPS) is 25.8. The van der Waals surface area contributed by atoms with Crippen LogP contribution in [0.1, 0.15) is 31.4 Å². The molecule has 1 atom stereocenters. The molecule has 0 amide bonds. The third kappa shape index (κ3) is 1.96. The Balaban J connectivity index is 1.78. The lowest BCUT2D eigenvalue weighted by Gasteiger charge is -2.34. The summed E-state index contributed by atoms with van der Waals surface area (Å²) in [4.78, 5) is 0. The fourth-order valence-corrected chi connectivity index (χ4v) is 2.50. The summed E-state index contributed by atoms with van der Waals surface area (Å²) in [6.45, 7) is 2.14. The zero-order valence-corrected chi connectivity index (χ0v) is 9.89. The lowest BCUT2D eigenvalue weighted by molar-refractivity contribution is 0.0586. The van der Waals surface area contributed by atoms with Gasteiger partial charge in [-0.15, -0.1) is 0 Å². The van der Waals surface area contributed by atoms with E-state index in [0.717, 1.165) is 18.4 Å². The molecule has 0 bridgehead atoms. The van der Waals surface area contributed by atoms with Crippen molar-refractivity contribution in [3.63, 3.8) is 0 Å². The van der Waals surface area contributed by atoms with Crippen molar-refractivity contribution in [3.8, 4) is 0 Å². The third-order valence-corrected chi connectivity index (χ3v) is 3.58. The molecule has 1 unspecified atom stereocenters. The smallest absolute Gasteiger partial charge is 0.134 e. The number of nitrogens with one attached hydrogen (secondary N) is 1. The Kier molecular flexibility index (Phi) is 2.65. The Morgan fingerprint density at radius 3 is 2.88 bits per heavy atom. The number of fused-ring (bicyclic) bond motifs is 1. The minimum absolute atomic E-state index is 0.110. The van der Waals surface area contributed by atoms with Gasteiger partial charge >= 0.3 is 0 Å². The molecule has 0 aliphatic heterocycles. The maximum absolute atomic E-state index is 9.28. The van der Waals surface area contributed by atoms with Gasteiger partial charge < -0.3 is 14.8 Å². The van der Waals surface area contributed by atoms with Crippen molar-refractivity contribution >= 4 is 11.0 Å². The second-order valence-corrected chi connectivity index (χ2v) is 4.90. The van der Waals surface area contributed by atoms with Crippen molar-refractivity contribution in [2.24, 2.45) is 0 Å². The number of rotatable bonds is 3. The molecule has 1 fully saturated rings. The van der Waals surface area contributed by atoms with Crippen LogP contribution in [0, 0.1) is 0 Å². The highest BCUT2D eigenvalue weighted by Crippen LogP contribution is 2.28. The fraction of sp³-hybridized carbons (Fsp3) is 0.429. The van der Waals surface area contributed by atoms with E-state index in [2.05, 4.69) is 18.3 Å². The van der Waals surface area contributed by atoms with Gasteiger partial charge in [0.25, 0.3) is 0 Å². The van der Waals surface area contributed by atoms with Gasteiger partial charge in [-0.25, -0.2) is 0 Å². The first-order chi connectivity index (χ1) is 8.24. The molecule has 1 aromatic carbocycles. The van der Waals surface area contributed by atoms with Gasteiger partial charge in [-0.1, -0.05) is 18.2 Å².